The summed E-state index contributed by atoms with van der Waals surface area (Å²) in [5.41, 5.74) is 1.55. The zero-order valence-electron chi connectivity index (χ0n) is 12.6. The van der Waals surface area contributed by atoms with E-state index in [9.17, 15) is 9.59 Å². The van der Waals surface area contributed by atoms with E-state index in [1.54, 1.807) is 35.7 Å². The maximum absolute atomic E-state index is 12.3. The fraction of sp³-hybridized carbons (Fsp3) is 0.250. The van der Waals surface area contributed by atoms with Crippen LogP contribution in [0, 0.1) is 0 Å². The highest BCUT2D eigenvalue weighted by atomic mass is 32.1. The lowest BCUT2D eigenvalue weighted by Crippen LogP contribution is -2.37. The standard InChI is InChI=1S/C16H19N3O2S/c1-11(17-2)9-18-16(21)13-5-3-4-6-14(13)19-15(20)12-7-8-22-10-12/h3-8,10-11,17H,9H2,1-2H3,(H,18,21)(H,19,20). The summed E-state index contributed by atoms with van der Waals surface area (Å²) in [6.07, 6.45) is 0. The van der Waals surface area contributed by atoms with E-state index in [-0.39, 0.29) is 17.9 Å². The number of para-hydroxylation sites is 1. The summed E-state index contributed by atoms with van der Waals surface area (Å²) in [4.78, 5) is 24.4. The normalized spacial score (nSPS) is 11.7. The van der Waals surface area contributed by atoms with Gasteiger partial charge in [-0.15, -0.1) is 0 Å². The highest BCUT2D eigenvalue weighted by Gasteiger charge is 2.14. The van der Waals surface area contributed by atoms with Crippen molar-refractivity contribution in [2.24, 2.45) is 0 Å². The molecule has 1 aromatic carbocycles. The molecule has 0 saturated heterocycles. The second-order valence-electron chi connectivity index (χ2n) is 4.91. The average Bonchev–Trinajstić information content (AvgIpc) is 3.07. The molecule has 0 radical (unpaired) electrons. The Morgan fingerprint density at radius 2 is 1.95 bits per heavy atom. The SMILES string of the molecule is CNC(C)CNC(=O)c1ccccc1NC(=O)c1ccsc1. The number of hydrogen-bond donors (Lipinski definition) is 3. The molecular formula is C16H19N3O2S. The van der Waals surface area contributed by atoms with Crippen LogP contribution >= 0.6 is 11.3 Å². The molecule has 2 amide bonds. The first-order valence-electron chi connectivity index (χ1n) is 7.00. The molecular weight excluding hydrogens is 298 g/mol. The highest BCUT2D eigenvalue weighted by molar-refractivity contribution is 7.08. The second-order valence-corrected chi connectivity index (χ2v) is 5.69. The maximum atomic E-state index is 12.3. The first-order valence-corrected chi connectivity index (χ1v) is 7.94. The molecule has 5 nitrogen and oxygen atoms in total. The lowest BCUT2D eigenvalue weighted by molar-refractivity contribution is 0.0951. The van der Waals surface area contributed by atoms with E-state index in [0.29, 0.717) is 23.4 Å². The van der Waals surface area contributed by atoms with Gasteiger partial charge in [0, 0.05) is 18.0 Å². The van der Waals surface area contributed by atoms with Gasteiger partial charge in [0.05, 0.1) is 16.8 Å². The van der Waals surface area contributed by atoms with Crippen molar-refractivity contribution in [1.29, 1.82) is 0 Å². The molecule has 6 heteroatoms. The molecule has 1 heterocycles. The molecule has 3 N–H and O–H groups in total. The largest absolute Gasteiger partial charge is 0.350 e. The Bertz CT molecular complexity index is 641. The van der Waals surface area contributed by atoms with Crippen molar-refractivity contribution in [2.75, 3.05) is 18.9 Å². The predicted molar refractivity (Wildman–Crippen MR) is 89.6 cm³/mol. The summed E-state index contributed by atoms with van der Waals surface area (Å²) in [5.74, 6) is -0.423. The third-order valence-electron chi connectivity index (χ3n) is 3.26. The average molecular weight is 317 g/mol. The van der Waals surface area contributed by atoms with E-state index in [2.05, 4.69) is 16.0 Å². The zero-order valence-corrected chi connectivity index (χ0v) is 13.4. The summed E-state index contributed by atoms with van der Waals surface area (Å²) in [6.45, 7) is 2.49. The van der Waals surface area contributed by atoms with Crippen molar-refractivity contribution in [2.45, 2.75) is 13.0 Å². The molecule has 2 rings (SSSR count). The fourth-order valence-electron chi connectivity index (χ4n) is 1.82. The molecule has 1 atom stereocenters. The van der Waals surface area contributed by atoms with Crippen molar-refractivity contribution in [1.82, 2.24) is 10.6 Å². The van der Waals surface area contributed by atoms with Gasteiger partial charge in [0.2, 0.25) is 0 Å². The van der Waals surface area contributed by atoms with Gasteiger partial charge in [0.1, 0.15) is 0 Å². The Balaban J connectivity index is 2.09. The first kappa shape index (κ1) is 16.2. The van der Waals surface area contributed by atoms with Gasteiger partial charge in [-0.1, -0.05) is 12.1 Å². The Hall–Kier alpha value is -2.18. The Morgan fingerprint density at radius 3 is 2.64 bits per heavy atom. The molecule has 0 spiro atoms. The van der Waals surface area contributed by atoms with Crippen LogP contribution in [0.3, 0.4) is 0 Å². The summed E-state index contributed by atoms with van der Waals surface area (Å²) in [5, 5.41) is 12.3. The van der Waals surface area contributed by atoms with E-state index in [1.165, 1.54) is 11.3 Å². The molecule has 2 aromatic rings. The van der Waals surface area contributed by atoms with Gasteiger partial charge >= 0.3 is 0 Å². The van der Waals surface area contributed by atoms with Crippen molar-refractivity contribution in [3.05, 3.63) is 52.2 Å². The van der Waals surface area contributed by atoms with E-state index in [4.69, 9.17) is 0 Å². The van der Waals surface area contributed by atoms with Crippen LogP contribution in [0.2, 0.25) is 0 Å². The molecule has 22 heavy (non-hydrogen) atoms. The molecule has 0 aliphatic carbocycles. The minimum atomic E-state index is -0.218. The van der Waals surface area contributed by atoms with Gasteiger partial charge in [-0.05, 0) is 37.6 Å². The summed E-state index contributed by atoms with van der Waals surface area (Å²) < 4.78 is 0. The molecule has 1 aromatic heterocycles. The van der Waals surface area contributed by atoms with Crippen LogP contribution in [0.1, 0.15) is 27.6 Å². The number of carbonyl (C=O) groups is 2. The lowest BCUT2D eigenvalue weighted by Gasteiger charge is -2.14. The van der Waals surface area contributed by atoms with Crippen LogP contribution in [0.4, 0.5) is 5.69 Å². The Morgan fingerprint density at radius 1 is 1.18 bits per heavy atom. The van der Waals surface area contributed by atoms with Crippen molar-refractivity contribution in [3.63, 3.8) is 0 Å². The van der Waals surface area contributed by atoms with Crippen LogP contribution < -0.4 is 16.0 Å². The number of thiophene rings is 1. The van der Waals surface area contributed by atoms with E-state index in [1.807, 2.05) is 19.4 Å². The Labute approximate surface area is 133 Å². The minimum Gasteiger partial charge on any atom is -0.350 e. The maximum Gasteiger partial charge on any atom is 0.256 e. The quantitative estimate of drug-likeness (QED) is 0.766. The van der Waals surface area contributed by atoms with E-state index < -0.39 is 0 Å². The number of likely N-dealkylation sites (N-methyl/N-ethyl adjacent to an activating group) is 1. The molecule has 116 valence electrons. The van der Waals surface area contributed by atoms with Crippen molar-refractivity contribution >= 4 is 28.8 Å². The molecule has 0 aliphatic heterocycles. The third kappa shape index (κ3) is 4.16. The van der Waals surface area contributed by atoms with Gasteiger partial charge in [0.15, 0.2) is 0 Å². The third-order valence-corrected chi connectivity index (χ3v) is 3.95. The van der Waals surface area contributed by atoms with Crippen LogP contribution in [-0.2, 0) is 0 Å². The van der Waals surface area contributed by atoms with Crippen molar-refractivity contribution < 1.29 is 9.59 Å². The van der Waals surface area contributed by atoms with E-state index >= 15 is 0 Å². The number of benzene rings is 1. The summed E-state index contributed by atoms with van der Waals surface area (Å²) in [6, 6.07) is 8.91. The number of amides is 2. The zero-order chi connectivity index (χ0) is 15.9. The monoisotopic (exact) mass is 317 g/mol. The number of rotatable bonds is 6. The number of carbonyl (C=O) groups excluding carboxylic acids is 2. The second kappa shape index (κ2) is 7.72. The molecule has 0 fully saturated rings. The smallest absolute Gasteiger partial charge is 0.256 e. The van der Waals surface area contributed by atoms with Crippen molar-refractivity contribution in [3.8, 4) is 0 Å². The topological polar surface area (TPSA) is 70.2 Å². The number of hydrogen-bond acceptors (Lipinski definition) is 4. The predicted octanol–water partition coefficient (Wildman–Crippen LogP) is 2.34. The number of nitrogens with one attached hydrogen (secondary N) is 3. The Kier molecular flexibility index (Phi) is 5.68. The molecule has 0 bridgehead atoms. The van der Waals surface area contributed by atoms with Gasteiger partial charge in [-0.3, -0.25) is 9.59 Å². The van der Waals surface area contributed by atoms with Gasteiger partial charge < -0.3 is 16.0 Å². The van der Waals surface area contributed by atoms with Crippen LogP contribution in [-0.4, -0.2) is 31.4 Å². The first-order chi connectivity index (χ1) is 10.6. The fourth-order valence-corrected chi connectivity index (χ4v) is 2.46. The summed E-state index contributed by atoms with van der Waals surface area (Å²) in [7, 11) is 1.84. The van der Waals surface area contributed by atoms with E-state index in [0.717, 1.165) is 0 Å². The highest BCUT2D eigenvalue weighted by Crippen LogP contribution is 2.17. The van der Waals surface area contributed by atoms with Crippen LogP contribution in [0.15, 0.2) is 41.1 Å². The molecule has 0 aliphatic rings. The minimum absolute atomic E-state index is 0.177. The molecule has 0 saturated carbocycles. The van der Waals surface area contributed by atoms with Crippen LogP contribution in [0.5, 0.6) is 0 Å². The lowest BCUT2D eigenvalue weighted by atomic mass is 10.1. The molecule has 1 unspecified atom stereocenters. The van der Waals surface area contributed by atoms with Gasteiger partial charge in [-0.25, -0.2) is 0 Å². The van der Waals surface area contributed by atoms with Crippen LogP contribution in [0.25, 0.3) is 0 Å². The van der Waals surface area contributed by atoms with Gasteiger partial charge in [-0.2, -0.15) is 11.3 Å². The summed E-state index contributed by atoms with van der Waals surface area (Å²) >= 11 is 1.46. The van der Waals surface area contributed by atoms with Gasteiger partial charge in [0.25, 0.3) is 11.8 Å². The number of anilines is 1.